The summed E-state index contributed by atoms with van der Waals surface area (Å²) >= 11 is 3.47. The predicted octanol–water partition coefficient (Wildman–Crippen LogP) is 5.16. The lowest BCUT2D eigenvalue weighted by atomic mass is 10.1. The Labute approximate surface area is 128 Å². The third-order valence-electron chi connectivity index (χ3n) is 3.53. The molecule has 0 amide bonds. The zero-order valence-electron chi connectivity index (χ0n) is 11.2. The fourth-order valence-corrected chi connectivity index (χ4v) is 4.78. The Hall–Kier alpha value is -1.69. The standard InChI is InChI=1S/C16H12FNOS2/c1-18-15(14-8-13-12(21-14)5-6-20-13)11-7-9-3-2-4-10(17)16(9)19-11/h2-8,15,18H,1H3. The fourth-order valence-electron chi connectivity index (χ4n) is 2.54. The summed E-state index contributed by atoms with van der Waals surface area (Å²) in [4.78, 5) is 1.18. The first-order valence-electron chi connectivity index (χ1n) is 6.58. The number of benzene rings is 1. The van der Waals surface area contributed by atoms with Gasteiger partial charge >= 0.3 is 0 Å². The van der Waals surface area contributed by atoms with Crippen molar-refractivity contribution < 1.29 is 8.81 Å². The number of furan rings is 1. The van der Waals surface area contributed by atoms with E-state index in [1.807, 2.05) is 19.2 Å². The second kappa shape index (κ2) is 4.94. The molecule has 0 fully saturated rings. The fraction of sp³-hybridized carbons (Fsp3) is 0.125. The molecule has 1 atom stereocenters. The molecule has 4 rings (SSSR count). The summed E-state index contributed by atoms with van der Waals surface area (Å²) in [5, 5.41) is 6.15. The van der Waals surface area contributed by atoms with Crippen LogP contribution in [0.2, 0.25) is 0 Å². The molecule has 3 heterocycles. The van der Waals surface area contributed by atoms with Gasteiger partial charge in [-0.15, -0.1) is 22.7 Å². The van der Waals surface area contributed by atoms with Crippen LogP contribution in [0.15, 0.2) is 46.2 Å². The number of thiophene rings is 2. The third kappa shape index (κ3) is 2.09. The van der Waals surface area contributed by atoms with Crippen molar-refractivity contribution in [1.29, 1.82) is 0 Å². The molecule has 0 aliphatic carbocycles. The van der Waals surface area contributed by atoms with E-state index in [1.165, 1.54) is 20.3 Å². The molecular formula is C16H12FNOS2. The molecule has 0 spiro atoms. The molecule has 4 aromatic rings. The summed E-state index contributed by atoms with van der Waals surface area (Å²) in [6, 6.07) is 11.1. The van der Waals surface area contributed by atoms with Gasteiger partial charge in [0.15, 0.2) is 11.4 Å². The van der Waals surface area contributed by atoms with E-state index in [0.29, 0.717) is 5.58 Å². The van der Waals surface area contributed by atoms with E-state index < -0.39 is 0 Å². The molecule has 0 aliphatic rings. The molecule has 21 heavy (non-hydrogen) atoms. The molecule has 0 radical (unpaired) electrons. The number of halogens is 1. The summed E-state index contributed by atoms with van der Waals surface area (Å²) in [5.41, 5.74) is 0.325. The van der Waals surface area contributed by atoms with Gasteiger partial charge in [-0.25, -0.2) is 4.39 Å². The monoisotopic (exact) mass is 317 g/mol. The minimum Gasteiger partial charge on any atom is -0.456 e. The largest absolute Gasteiger partial charge is 0.456 e. The molecule has 5 heteroatoms. The van der Waals surface area contributed by atoms with Crippen LogP contribution in [-0.2, 0) is 0 Å². The minimum atomic E-state index is -0.319. The molecule has 0 aliphatic heterocycles. The molecule has 1 unspecified atom stereocenters. The Morgan fingerprint density at radius 1 is 1.19 bits per heavy atom. The van der Waals surface area contributed by atoms with Gasteiger partial charge < -0.3 is 9.73 Å². The number of fused-ring (bicyclic) bond motifs is 2. The average molecular weight is 317 g/mol. The van der Waals surface area contributed by atoms with Gasteiger partial charge in [-0.1, -0.05) is 12.1 Å². The Morgan fingerprint density at radius 3 is 2.86 bits per heavy atom. The predicted molar refractivity (Wildman–Crippen MR) is 86.8 cm³/mol. The second-order valence-corrected chi connectivity index (χ2v) is 6.89. The Morgan fingerprint density at radius 2 is 2.10 bits per heavy atom. The number of rotatable bonds is 3. The molecule has 2 nitrogen and oxygen atoms in total. The highest BCUT2D eigenvalue weighted by Crippen LogP contribution is 2.37. The summed E-state index contributed by atoms with van der Waals surface area (Å²) in [5.74, 6) is 0.423. The first-order valence-corrected chi connectivity index (χ1v) is 8.28. The molecule has 1 aromatic carbocycles. The molecule has 106 valence electrons. The quantitative estimate of drug-likeness (QED) is 0.565. The highest BCUT2D eigenvalue weighted by molar-refractivity contribution is 7.27. The van der Waals surface area contributed by atoms with E-state index in [9.17, 15) is 4.39 Å². The second-order valence-electron chi connectivity index (χ2n) is 4.83. The van der Waals surface area contributed by atoms with Crippen LogP contribution >= 0.6 is 22.7 Å². The maximum atomic E-state index is 13.8. The van der Waals surface area contributed by atoms with Crippen molar-refractivity contribution in [3.63, 3.8) is 0 Å². The highest BCUT2D eigenvalue weighted by Gasteiger charge is 2.20. The van der Waals surface area contributed by atoms with Crippen molar-refractivity contribution in [3.8, 4) is 0 Å². The van der Waals surface area contributed by atoms with E-state index in [0.717, 1.165) is 11.1 Å². The number of nitrogens with one attached hydrogen (secondary N) is 1. The van der Waals surface area contributed by atoms with Crippen molar-refractivity contribution in [1.82, 2.24) is 5.32 Å². The Kier molecular flexibility index (Phi) is 3.06. The molecule has 0 saturated carbocycles. The molecular weight excluding hydrogens is 305 g/mol. The number of hydrogen-bond donors (Lipinski definition) is 1. The molecule has 0 bridgehead atoms. The number of hydrogen-bond acceptors (Lipinski definition) is 4. The van der Waals surface area contributed by atoms with Crippen LogP contribution in [0.1, 0.15) is 16.7 Å². The van der Waals surface area contributed by atoms with E-state index in [1.54, 1.807) is 28.7 Å². The molecule has 0 saturated heterocycles. The first kappa shape index (κ1) is 13.0. The smallest absolute Gasteiger partial charge is 0.169 e. The van der Waals surface area contributed by atoms with Gasteiger partial charge in [0.1, 0.15) is 11.8 Å². The van der Waals surface area contributed by atoms with E-state index in [-0.39, 0.29) is 11.9 Å². The van der Waals surface area contributed by atoms with Crippen molar-refractivity contribution in [2.24, 2.45) is 0 Å². The van der Waals surface area contributed by atoms with Crippen LogP contribution < -0.4 is 5.32 Å². The van der Waals surface area contributed by atoms with Crippen LogP contribution in [0.5, 0.6) is 0 Å². The van der Waals surface area contributed by atoms with Gasteiger partial charge in [-0.2, -0.15) is 0 Å². The average Bonchev–Trinajstić information content (AvgIpc) is 3.13. The Bertz CT molecular complexity index is 892. The van der Waals surface area contributed by atoms with Crippen molar-refractivity contribution in [3.05, 3.63) is 58.2 Å². The van der Waals surface area contributed by atoms with Crippen LogP contribution in [-0.4, -0.2) is 7.05 Å². The van der Waals surface area contributed by atoms with E-state index in [2.05, 4.69) is 22.8 Å². The maximum Gasteiger partial charge on any atom is 0.169 e. The zero-order chi connectivity index (χ0) is 14.4. The maximum absolute atomic E-state index is 13.8. The lowest BCUT2D eigenvalue weighted by molar-refractivity contribution is 0.479. The SMILES string of the molecule is CNC(c1cc2cccc(F)c2o1)c1cc2sccc2s1. The molecule has 3 aromatic heterocycles. The topological polar surface area (TPSA) is 25.2 Å². The van der Waals surface area contributed by atoms with E-state index in [4.69, 9.17) is 4.42 Å². The van der Waals surface area contributed by atoms with Gasteiger partial charge in [0.25, 0.3) is 0 Å². The van der Waals surface area contributed by atoms with Crippen LogP contribution in [0, 0.1) is 5.82 Å². The van der Waals surface area contributed by atoms with Crippen molar-refractivity contribution in [2.75, 3.05) is 7.05 Å². The van der Waals surface area contributed by atoms with Crippen molar-refractivity contribution >= 4 is 43.0 Å². The first-order chi connectivity index (χ1) is 10.3. The lowest BCUT2D eigenvalue weighted by Crippen LogP contribution is -2.15. The van der Waals surface area contributed by atoms with Crippen LogP contribution in [0.4, 0.5) is 4.39 Å². The van der Waals surface area contributed by atoms with Crippen molar-refractivity contribution in [2.45, 2.75) is 6.04 Å². The molecule has 1 N–H and O–H groups in total. The summed E-state index contributed by atoms with van der Waals surface area (Å²) < 4.78 is 22.1. The van der Waals surface area contributed by atoms with Gasteiger partial charge in [0.05, 0.1) is 0 Å². The van der Waals surface area contributed by atoms with Crippen LogP contribution in [0.25, 0.3) is 20.4 Å². The lowest BCUT2D eigenvalue weighted by Gasteiger charge is -2.10. The normalized spacial score (nSPS) is 13.2. The number of para-hydroxylation sites is 1. The minimum absolute atomic E-state index is 0.0543. The third-order valence-corrected chi connectivity index (χ3v) is 5.69. The summed E-state index contributed by atoms with van der Waals surface area (Å²) in [7, 11) is 1.89. The van der Waals surface area contributed by atoms with Crippen LogP contribution in [0.3, 0.4) is 0 Å². The Balaban J connectivity index is 1.83. The van der Waals surface area contributed by atoms with Gasteiger partial charge in [0, 0.05) is 19.7 Å². The van der Waals surface area contributed by atoms with Gasteiger partial charge in [-0.05, 0) is 36.7 Å². The van der Waals surface area contributed by atoms with Gasteiger partial charge in [0.2, 0.25) is 0 Å². The summed E-state index contributed by atoms with van der Waals surface area (Å²) in [6.45, 7) is 0. The zero-order valence-corrected chi connectivity index (χ0v) is 12.9. The highest BCUT2D eigenvalue weighted by atomic mass is 32.1. The van der Waals surface area contributed by atoms with Gasteiger partial charge in [-0.3, -0.25) is 0 Å². The van der Waals surface area contributed by atoms with E-state index >= 15 is 0 Å². The summed E-state index contributed by atoms with van der Waals surface area (Å²) in [6.07, 6.45) is 0.